The Morgan fingerprint density at radius 2 is 1.59 bits per heavy atom. The lowest BCUT2D eigenvalue weighted by atomic mass is 10.0. The number of nitrogens with zero attached hydrogens (tertiary/aromatic N) is 2. The van der Waals surface area contributed by atoms with Crippen LogP contribution < -0.4 is 5.32 Å². The zero-order valence-electron chi connectivity index (χ0n) is 18.7. The Bertz CT molecular complexity index is 1130. The lowest BCUT2D eigenvalue weighted by Gasteiger charge is -2.26. The van der Waals surface area contributed by atoms with Crippen molar-refractivity contribution >= 4 is 11.0 Å². The Balaban J connectivity index is 1.19. The summed E-state index contributed by atoms with van der Waals surface area (Å²) in [4.78, 5) is 10.9. The van der Waals surface area contributed by atoms with Crippen LogP contribution in [0.3, 0.4) is 0 Å². The van der Waals surface area contributed by atoms with Gasteiger partial charge in [-0.05, 0) is 61.2 Å². The first kappa shape index (κ1) is 20.9. The number of nitrogens with one attached hydrogen (secondary N) is 2. The van der Waals surface area contributed by atoms with E-state index < -0.39 is 0 Å². The molecule has 2 heterocycles. The van der Waals surface area contributed by atoms with E-state index in [1.165, 1.54) is 49.0 Å². The number of aromatic amines is 1. The maximum absolute atomic E-state index is 4.81. The number of hydrogen-bond donors (Lipinski definition) is 2. The summed E-state index contributed by atoms with van der Waals surface area (Å²) < 4.78 is 0. The minimum absolute atomic E-state index is 0.914. The van der Waals surface area contributed by atoms with E-state index in [9.17, 15) is 0 Å². The molecule has 1 fully saturated rings. The van der Waals surface area contributed by atoms with Crippen molar-refractivity contribution in [3.8, 4) is 11.4 Å². The molecule has 0 spiro atoms. The largest absolute Gasteiger partial charge is 0.338 e. The van der Waals surface area contributed by atoms with Crippen LogP contribution in [0.5, 0.6) is 0 Å². The molecule has 0 saturated carbocycles. The lowest BCUT2D eigenvalue weighted by molar-refractivity contribution is 0.229. The minimum atomic E-state index is 0.914. The summed E-state index contributed by atoms with van der Waals surface area (Å²) >= 11 is 0. The van der Waals surface area contributed by atoms with Crippen molar-refractivity contribution in [3.05, 3.63) is 89.5 Å². The predicted octanol–water partition coefficient (Wildman–Crippen LogP) is 5.40. The Kier molecular flexibility index (Phi) is 6.61. The van der Waals surface area contributed by atoms with Crippen molar-refractivity contribution in [2.45, 2.75) is 32.2 Å². The molecule has 1 aliphatic rings. The van der Waals surface area contributed by atoms with Crippen LogP contribution in [0.4, 0.5) is 0 Å². The highest BCUT2D eigenvalue weighted by atomic mass is 15.1. The van der Waals surface area contributed by atoms with E-state index in [4.69, 9.17) is 4.98 Å². The molecule has 0 aliphatic carbocycles. The molecule has 5 rings (SSSR count). The summed E-state index contributed by atoms with van der Waals surface area (Å²) in [5.41, 5.74) is 7.17. The van der Waals surface area contributed by atoms with Gasteiger partial charge in [-0.1, -0.05) is 67.1 Å². The predicted molar refractivity (Wildman–Crippen MR) is 133 cm³/mol. The van der Waals surface area contributed by atoms with Crippen LogP contribution in [-0.4, -0.2) is 41.0 Å². The van der Waals surface area contributed by atoms with Gasteiger partial charge in [0.15, 0.2) is 0 Å². The average Bonchev–Trinajstić information content (AvgIpc) is 3.27. The van der Waals surface area contributed by atoms with Gasteiger partial charge in [-0.3, -0.25) is 0 Å². The average molecular weight is 425 g/mol. The molecule has 0 amide bonds. The van der Waals surface area contributed by atoms with E-state index >= 15 is 0 Å². The number of aromatic nitrogens is 2. The van der Waals surface area contributed by atoms with Gasteiger partial charge in [0.05, 0.1) is 11.0 Å². The first-order valence-electron chi connectivity index (χ1n) is 11.9. The molecule has 0 atom stereocenters. The van der Waals surface area contributed by atoms with Gasteiger partial charge in [-0.15, -0.1) is 0 Å². The van der Waals surface area contributed by atoms with Crippen LogP contribution in [0.25, 0.3) is 22.4 Å². The zero-order valence-corrected chi connectivity index (χ0v) is 18.7. The summed E-state index contributed by atoms with van der Waals surface area (Å²) in [6.07, 6.45) is 5.05. The molecule has 1 aromatic heterocycles. The van der Waals surface area contributed by atoms with Gasteiger partial charge in [0.25, 0.3) is 0 Å². The second-order valence-corrected chi connectivity index (χ2v) is 8.88. The number of benzene rings is 3. The van der Waals surface area contributed by atoms with Gasteiger partial charge < -0.3 is 15.2 Å². The van der Waals surface area contributed by atoms with Gasteiger partial charge in [0.2, 0.25) is 0 Å². The van der Waals surface area contributed by atoms with E-state index in [2.05, 4.69) is 88.0 Å². The number of imidazole rings is 1. The fraction of sp³-hybridized carbons (Fsp3) is 0.321. The molecule has 4 aromatic rings. The fourth-order valence-electron chi connectivity index (χ4n) is 4.57. The standard InChI is InChI=1S/C28H32N4/c1-3-7-22(8-4-1)19-24-11-14-26-27(20-24)31-28(30-26)25-12-9-23(10-13-25)21-29-15-18-32-16-5-2-6-17-32/h1,3-4,7-14,20,29H,2,5-6,15-19,21H2,(H,30,31). The van der Waals surface area contributed by atoms with Crippen molar-refractivity contribution in [2.24, 2.45) is 0 Å². The van der Waals surface area contributed by atoms with Crippen LogP contribution >= 0.6 is 0 Å². The smallest absolute Gasteiger partial charge is 0.138 e. The van der Waals surface area contributed by atoms with Crippen LogP contribution in [-0.2, 0) is 13.0 Å². The van der Waals surface area contributed by atoms with Gasteiger partial charge >= 0.3 is 0 Å². The Morgan fingerprint density at radius 1 is 0.812 bits per heavy atom. The Hall–Kier alpha value is -2.95. The molecule has 3 aromatic carbocycles. The van der Waals surface area contributed by atoms with E-state index in [0.717, 1.165) is 48.5 Å². The molecule has 0 radical (unpaired) electrons. The van der Waals surface area contributed by atoms with Crippen LogP contribution in [0.15, 0.2) is 72.8 Å². The first-order chi connectivity index (χ1) is 15.8. The van der Waals surface area contributed by atoms with E-state index in [-0.39, 0.29) is 0 Å². The third kappa shape index (κ3) is 5.26. The highest BCUT2D eigenvalue weighted by Gasteiger charge is 2.09. The maximum Gasteiger partial charge on any atom is 0.138 e. The van der Waals surface area contributed by atoms with Crippen molar-refractivity contribution < 1.29 is 0 Å². The monoisotopic (exact) mass is 424 g/mol. The van der Waals surface area contributed by atoms with Gasteiger partial charge in [-0.2, -0.15) is 0 Å². The molecule has 32 heavy (non-hydrogen) atoms. The third-order valence-electron chi connectivity index (χ3n) is 6.41. The topological polar surface area (TPSA) is 44.0 Å². The Labute approximate surface area is 190 Å². The number of fused-ring (bicyclic) bond motifs is 1. The van der Waals surface area contributed by atoms with Gasteiger partial charge in [0, 0.05) is 25.2 Å². The van der Waals surface area contributed by atoms with Crippen molar-refractivity contribution in [1.82, 2.24) is 20.2 Å². The Morgan fingerprint density at radius 3 is 2.41 bits per heavy atom. The van der Waals surface area contributed by atoms with E-state index in [0.29, 0.717) is 0 Å². The summed E-state index contributed by atoms with van der Waals surface area (Å²) in [6.45, 7) is 5.65. The van der Waals surface area contributed by atoms with Gasteiger partial charge in [0.1, 0.15) is 5.82 Å². The van der Waals surface area contributed by atoms with Crippen molar-refractivity contribution in [1.29, 1.82) is 0 Å². The minimum Gasteiger partial charge on any atom is -0.338 e. The van der Waals surface area contributed by atoms with E-state index in [1.54, 1.807) is 0 Å². The number of piperidine rings is 1. The number of hydrogen-bond acceptors (Lipinski definition) is 3. The van der Waals surface area contributed by atoms with Crippen LogP contribution in [0.2, 0.25) is 0 Å². The molecular weight excluding hydrogens is 392 g/mol. The lowest BCUT2D eigenvalue weighted by Crippen LogP contribution is -2.35. The molecule has 4 heteroatoms. The van der Waals surface area contributed by atoms with Crippen LogP contribution in [0, 0.1) is 0 Å². The molecule has 164 valence electrons. The molecular formula is C28H32N4. The third-order valence-corrected chi connectivity index (χ3v) is 6.41. The number of rotatable bonds is 8. The zero-order chi connectivity index (χ0) is 21.6. The van der Waals surface area contributed by atoms with Crippen LogP contribution in [0.1, 0.15) is 36.0 Å². The summed E-state index contributed by atoms with van der Waals surface area (Å²) in [5, 5.41) is 3.59. The highest BCUT2D eigenvalue weighted by Crippen LogP contribution is 2.23. The SMILES string of the molecule is c1ccc(Cc2ccc3nc(-c4ccc(CNCCN5CCCCC5)cc4)[nH]c3c2)cc1. The van der Waals surface area contributed by atoms with Crippen molar-refractivity contribution in [2.75, 3.05) is 26.2 Å². The molecule has 0 bridgehead atoms. The molecule has 1 aliphatic heterocycles. The first-order valence-corrected chi connectivity index (χ1v) is 11.9. The second kappa shape index (κ2) is 10.1. The molecule has 1 saturated heterocycles. The highest BCUT2D eigenvalue weighted by molar-refractivity contribution is 5.80. The molecule has 2 N–H and O–H groups in total. The summed E-state index contributed by atoms with van der Waals surface area (Å²) in [7, 11) is 0. The van der Waals surface area contributed by atoms with Crippen molar-refractivity contribution in [3.63, 3.8) is 0 Å². The fourth-order valence-corrected chi connectivity index (χ4v) is 4.57. The molecule has 0 unspecified atom stereocenters. The molecule has 4 nitrogen and oxygen atoms in total. The number of H-pyrrole nitrogens is 1. The summed E-state index contributed by atoms with van der Waals surface area (Å²) in [6, 6.07) is 25.9. The summed E-state index contributed by atoms with van der Waals surface area (Å²) in [5.74, 6) is 0.932. The number of likely N-dealkylation sites (tertiary alicyclic amines) is 1. The maximum atomic E-state index is 4.81. The van der Waals surface area contributed by atoms with E-state index in [1.807, 2.05) is 0 Å². The second-order valence-electron chi connectivity index (χ2n) is 8.88. The normalized spacial score (nSPS) is 14.8. The quantitative estimate of drug-likeness (QED) is 0.372. The van der Waals surface area contributed by atoms with Gasteiger partial charge in [-0.25, -0.2) is 4.98 Å².